The summed E-state index contributed by atoms with van der Waals surface area (Å²) in [7, 11) is 0. The number of amides is 1. The van der Waals surface area contributed by atoms with Gasteiger partial charge in [0.15, 0.2) is 0 Å². The highest BCUT2D eigenvalue weighted by molar-refractivity contribution is 6.34. The van der Waals surface area contributed by atoms with Crippen molar-refractivity contribution >= 4 is 17.5 Å². The third-order valence-electron chi connectivity index (χ3n) is 3.76. The van der Waals surface area contributed by atoms with E-state index >= 15 is 0 Å². The van der Waals surface area contributed by atoms with Crippen LogP contribution in [0.5, 0.6) is 0 Å². The molecule has 0 spiro atoms. The van der Waals surface area contributed by atoms with Crippen molar-refractivity contribution < 1.29 is 4.79 Å². The van der Waals surface area contributed by atoms with E-state index in [9.17, 15) is 4.79 Å². The van der Waals surface area contributed by atoms with Crippen molar-refractivity contribution in [3.05, 3.63) is 34.3 Å². The Morgan fingerprint density at radius 1 is 1.35 bits per heavy atom. The van der Waals surface area contributed by atoms with E-state index in [0.717, 1.165) is 18.7 Å². The molecule has 1 aromatic rings. The third-order valence-corrected chi connectivity index (χ3v) is 4.26. The first-order chi connectivity index (χ1) is 9.54. The molecule has 1 aliphatic rings. The average molecular weight is 292 g/mol. The summed E-state index contributed by atoms with van der Waals surface area (Å²) in [5.74, 6) is -0.0250. The molecule has 0 aliphatic carbocycles. The Balaban J connectivity index is 2.06. The van der Waals surface area contributed by atoms with Crippen LogP contribution in [0.4, 0.5) is 0 Å². The Kier molecular flexibility index (Phi) is 4.64. The normalized spacial score (nSPS) is 17.6. The highest BCUT2D eigenvalue weighted by atomic mass is 35.5. The molecule has 106 valence electrons. The molecular formula is C15H18ClN3O. The zero-order valence-corrected chi connectivity index (χ0v) is 12.5. The van der Waals surface area contributed by atoms with E-state index in [4.69, 9.17) is 16.9 Å². The molecule has 2 rings (SSSR count). The second-order valence-corrected chi connectivity index (χ2v) is 5.45. The van der Waals surface area contributed by atoms with Crippen molar-refractivity contribution in [2.45, 2.75) is 19.9 Å². The van der Waals surface area contributed by atoms with Crippen LogP contribution in [0.3, 0.4) is 0 Å². The third kappa shape index (κ3) is 2.95. The van der Waals surface area contributed by atoms with E-state index in [-0.39, 0.29) is 11.9 Å². The number of benzene rings is 1. The molecule has 0 bridgehead atoms. The van der Waals surface area contributed by atoms with Crippen molar-refractivity contribution in [2.24, 2.45) is 0 Å². The van der Waals surface area contributed by atoms with Crippen molar-refractivity contribution in [1.82, 2.24) is 9.80 Å². The highest BCUT2D eigenvalue weighted by Gasteiger charge is 2.25. The minimum atomic E-state index is -0.102. The molecule has 0 N–H and O–H groups in total. The molecule has 1 unspecified atom stereocenters. The van der Waals surface area contributed by atoms with Gasteiger partial charge < -0.3 is 4.90 Å². The molecule has 0 radical (unpaired) electrons. The summed E-state index contributed by atoms with van der Waals surface area (Å²) in [5, 5.41) is 9.45. The number of aryl methyl sites for hydroxylation is 1. The Morgan fingerprint density at radius 2 is 2.00 bits per heavy atom. The molecule has 1 amide bonds. The van der Waals surface area contributed by atoms with E-state index in [1.807, 2.05) is 26.0 Å². The van der Waals surface area contributed by atoms with E-state index in [1.165, 1.54) is 0 Å². The van der Waals surface area contributed by atoms with Crippen molar-refractivity contribution in [3.8, 4) is 6.07 Å². The lowest BCUT2D eigenvalue weighted by Gasteiger charge is -2.36. The maximum atomic E-state index is 12.5. The molecule has 20 heavy (non-hydrogen) atoms. The molecule has 1 heterocycles. The van der Waals surface area contributed by atoms with Gasteiger partial charge in [0.25, 0.3) is 5.91 Å². The van der Waals surface area contributed by atoms with Gasteiger partial charge in [0.1, 0.15) is 0 Å². The number of rotatable bonds is 2. The zero-order chi connectivity index (χ0) is 14.7. The van der Waals surface area contributed by atoms with Crippen LogP contribution in [0.1, 0.15) is 22.8 Å². The van der Waals surface area contributed by atoms with Gasteiger partial charge in [0.05, 0.1) is 22.7 Å². The minimum Gasteiger partial charge on any atom is -0.336 e. The molecule has 0 aromatic heterocycles. The largest absolute Gasteiger partial charge is 0.336 e. The maximum Gasteiger partial charge on any atom is 0.255 e. The van der Waals surface area contributed by atoms with Gasteiger partial charge in [-0.25, -0.2) is 0 Å². The fourth-order valence-electron chi connectivity index (χ4n) is 2.38. The van der Waals surface area contributed by atoms with Gasteiger partial charge in [-0.1, -0.05) is 23.7 Å². The van der Waals surface area contributed by atoms with E-state index in [0.29, 0.717) is 23.7 Å². The molecule has 1 saturated heterocycles. The highest BCUT2D eigenvalue weighted by Crippen LogP contribution is 2.22. The predicted octanol–water partition coefficient (Wildman–Crippen LogP) is 2.32. The first-order valence-corrected chi connectivity index (χ1v) is 7.10. The van der Waals surface area contributed by atoms with Crippen LogP contribution in [-0.2, 0) is 0 Å². The van der Waals surface area contributed by atoms with Gasteiger partial charge >= 0.3 is 0 Å². The number of carbonyl (C=O) groups is 1. The second-order valence-electron chi connectivity index (χ2n) is 5.07. The lowest BCUT2D eigenvalue weighted by Crippen LogP contribution is -2.51. The number of hydrogen-bond donors (Lipinski definition) is 0. The molecule has 1 atom stereocenters. The Hall–Kier alpha value is -1.57. The number of carbonyl (C=O) groups excluding carboxylic acids is 1. The number of nitriles is 1. The summed E-state index contributed by atoms with van der Waals surface area (Å²) in [6, 6.07) is 7.64. The molecule has 1 aromatic carbocycles. The Morgan fingerprint density at radius 3 is 2.60 bits per heavy atom. The molecule has 4 nitrogen and oxygen atoms in total. The quantitative estimate of drug-likeness (QED) is 0.840. The summed E-state index contributed by atoms with van der Waals surface area (Å²) in [4.78, 5) is 16.4. The number of piperazine rings is 1. The van der Waals surface area contributed by atoms with Crippen LogP contribution in [0.15, 0.2) is 18.2 Å². The number of halogens is 1. The lowest BCUT2D eigenvalue weighted by atomic mass is 10.1. The summed E-state index contributed by atoms with van der Waals surface area (Å²) < 4.78 is 0. The predicted molar refractivity (Wildman–Crippen MR) is 78.7 cm³/mol. The zero-order valence-electron chi connectivity index (χ0n) is 11.8. The van der Waals surface area contributed by atoms with E-state index in [1.54, 1.807) is 11.0 Å². The van der Waals surface area contributed by atoms with Crippen LogP contribution in [-0.4, -0.2) is 47.9 Å². The summed E-state index contributed by atoms with van der Waals surface area (Å²) in [6.07, 6.45) is 0. The van der Waals surface area contributed by atoms with Gasteiger partial charge in [0, 0.05) is 26.2 Å². The molecule has 0 saturated carbocycles. The smallest absolute Gasteiger partial charge is 0.255 e. The van der Waals surface area contributed by atoms with Gasteiger partial charge in [-0.15, -0.1) is 0 Å². The van der Waals surface area contributed by atoms with Crippen LogP contribution in [0, 0.1) is 18.3 Å². The van der Waals surface area contributed by atoms with Crippen LogP contribution >= 0.6 is 11.6 Å². The Bertz CT molecular complexity index is 545. The molecule has 5 heteroatoms. The van der Waals surface area contributed by atoms with E-state index in [2.05, 4.69) is 11.0 Å². The molecule has 1 fully saturated rings. The van der Waals surface area contributed by atoms with Gasteiger partial charge in [-0.3, -0.25) is 9.69 Å². The first kappa shape index (κ1) is 14.8. The number of hydrogen-bond acceptors (Lipinski definition) is 3. The van der Waals surface area contributed by atoms with Gasteiger partial charge in [0.2, 0.25) is 0 Å². The molecular weight excluding hydrogens is 274 g/mol. The summed E-state index contributed by atoms with van der Waals surface area (Å²) >= 11 is 6.21. The van der Waals surface area contributed by atoms with Crippen molar-refractivity contribution in [1.29, 1.82) is 5.26 Å². The standard InChI is InChI=1S/C15H18ClN3O/c1-11-4-3-5-13(14(11)16)15(20)19-8-6-18(7-9-19)12(2)10-17/h3-5,12H,6-9H2,1-2H3. The minimum absolute atomic E-state index is 0.0250. The Labute approximate surface area is 124 Å². The first-order valence-electron chi connectivity index (χ1n) is 6.72. The van der Waals surface area contributed by atoms with Crippen LogP contribution in [0.2, 0.25) is 5.02 Å². The summed E-state index contributed by atoms with van der Waals surface area (Å²) in [6.45, 7) is 6.50. The molecule has 1 aliphatic heterocycles. The summed E-state index contributed by atoms with van der Waals surface area (Å²) in [5.41, 5.74) is 1.47. The van der Waals surface area contributed by atoms with Crippen LogP contribution < -0.4 is 0 Å². The fourth-order valence-corrected chi connectivity index (χ4v) is 2.58. The van der Waals surface area contributed by atoms with Gasteiger partial charge in [-0.05, 0) is 25.5 Å². The fraction of sp³-hybridized carbons (Fsp3) is 0.467. The van der Waals surface area contributed by atoms with Crippen LogP contribution in [0.25, 0.3) is 0 Å². The maximum absolute atomic E-state index is 12.5. The van der Waals surface area contributed by atoms with Crippen molar-refractivity contribution in [2.75, 3.05) is 26.2 Å². The SMILES string of the molecule is Cc1cccc(C(=O)N2CCN(C(C)C#N)CC2)c1Cl. The van der Waals surface area contributed by atoms with E-state index < -0.39 is 0 Å². The monoisotopic (exact) mass is 291 g/mol. The number of nitrogens with zero attached hydrogens (tertiary/aromatic N) is 3. The average Bonchev–Trinajstić information content (AvgIpc) is 2.48. The van der Waals surface area contributed by atoms with Crippen molar-refractivity contribution in [3.63, 3.8) is 0 Å². The topological polar surface area (TPSA) is 47.3 Å². The van der Waals surface area contributed by atoms with Gasteiger partial charge in [-0.2, -0.15) is 5.26 Å². The lowest BCUT2D eigenvalue weighted by molar-refractivity contribution is 0.0616. The second kappa shape index (κ2) is 6.25.